The van der Waals surface area contributed by atoms with Crippen LogP contribution in [0, 0.1) is 0 Å². The molecule has 6 unspecified atom stereocenters. The maximum Gasteiger partial charge on any atom is 0.334 e. The summed E-state index contributed by atoms with van der Waals surface area (Å²) in [6, 6.07) is 0. The Hall–Kier alpha value is -0.770. The highest BCUT2D eigenvalue weighted by atomic mass is 16.7. The number of carbonyl (C=O) groups excluding carboxylic acids is 1. The van der Waals surface area contributed by atoms with Gasteiger partial charge in [-0.15, -0.1) is 0 Å². The highest BCUT2D eigenvalue weighted by Gasteiger charge is 2.47. The molecule has 0 spiro atoms. The third-order valence-electron chi connectivity index (χ3n) is 3.35. The second-order valence-electron chi connectivity index (χ2n) is 4.69. The van der Waals surface area contributed by atoms with Crippen molar-refractivity contribution in [2.24, 2.45) is 0 Å². The number of aliphatic hydroxyl groups is 1. The number of hydrogen-bond donors (Lipinski definition) is 1. The molecule has 1 heterocycles. The highest BCUT2D eigenvalue weighted by molar-refractivity contribution is 5.73. The van der Waals surface area contributed by atoms with Crippen LogP contribution in [0.3, 0.4) is 0 Å². The summed E-state index contributed by atoms with van der Waals surface area (Å²) in [5, 5.41) is 10.4. The Morgan fingerprint density at radius 3 is 2.33 bits per heavy atom. The van der Waals surface area contributed by atoms with E-state index in [1.807, 2.05) is 0 Å². The van der Waals surface area contributed by atoms with Crippen LogP contribution in [-0.2, 0) is 33.2 Å². The number of rotatable bonds is 7. The van der Waals surface area contributed by atoms with Crippen LogP contribution in [0.4, 0.5) is 0 Å². The van der Waals surface area contributed by atoms with Crippen molar-refractivity contribution in [2.75, 3.05) is 35.0 Å². The first-order chi connectivity index (χ1) is 9.99. The average molecular weight is 308 g/mol. The molecule has 0 saturated carbocycles. The highest BCUT2D eigenvalue weighted by Crippen LogP contribution is 2.27. The molecule has 8 nitrogen and oxygen atoms in total. The van der Waals surface area contributed by atoms with E-state index >= 15 is 0 Å². The van der Waals surface area contributed by atoms with Crippen molar-refractivity contribution in [3.05, 3.63) is 0 Å². The van der Waals surface area contributed by atoms with Gasteiger partial charge >= 0.3 is 5.97 Å². The average Bonchev–Trinajstić information content (AvgIpc) is 2.49. The van der Waals surface area contributed by atoms with E-state index in [0.29, 0.717) is 0 Å². The predicted octanol–water partition coefficient (Wildman–Crippen LogP) is -0.673. The Kier molecular flexibility index (Phi) is 7.50. The number of esters is 1. The molecule has 0 aromatic rings. The summed E-state index contributed by atoms with van der Waals surface area (Å²) in [5.41, 5.74) is 0. The normalized spacial score (nSPS) is 34.5. The lowest BCUT2D eigenvalue weighted by molar-refractivity contribution is -0.310. The molecule has 1 aliphatic rings. The molecule has 1 fully saturated rings. The van der Waals surface area contributed by atoms with Crippen LogP contribution in [-0.4, -0.2) is 82.9 Å². The summed E-state index contributed by atoms with van der Waals surface area (Å²) in [5.74, 6) is -0.541. The lowest BCUT2D eigenvalue weighted by atomic mass is 9.98. The second-order valence-corrected chi connectivity index (χ2v) is 4.69. The van der Waals surface area contributed by atoms with Gasteiger partial charge in [-0.25, -0.2) is 4.79 Å². The molecule has 1 saturated heterocycles. The van der Waals surface area contributed by atoms with Crippen LogP contribution in [0.5, 0.6) is 0 Å². The van der Waals surface area contributed by atoms with Crippen molar-refractivity contribution in [3.8, 4) is 0 Å². The Morgan fingerprint density at radius 2 is 1.86 bits per heavy atom. The minimum Gasteiger partial charge on any atom is -0.467 e. The van der Waals surface area contributed by atoms with E-state index in [-0.39, 0.29) is 6.61 Å². The smallest absolute Gasteiger partial charge is 0.334 e. The summed E-state index contributed by atoms with van der Waals surface area (Å²) in [6.07, 6.45) is -4.80. The fourth-order valence-corrected chi connectivity index (χ4v) is 2.26. The standard InChI is InChI=1S/C13H24O8/c1-7(12(15)18-4)20-10-8(6-16-2)21-13(19-5)11(17-3)9(10)14/h7-11,13-14H,6H2,1-5H3. The third-order valence-corrected chi connectivity index (χ3v) is 3.35. The van der Waals surface area contributed by atoms with E-state index in [1.165, 1.54) is 35.4 Å². The second kappa shape index (κ2) is 8.62. The first kappa shape index (κ1) is 18.3. The first-order valence-electron chi connectivity index (χ1n) is 6.61. The molecule has 0 amide bonds. The Bertz CT molecular complexity index is 321. The van der Waals surface area contributed by atoms with Crippen molar-refractivity contribution in [1.82, 2.24) is 0 Å². The summed E-state index contributed by atoms with van der Waals surface area (Å²) >= 11 is 0. The van der Waals surface area contributed by atoms with Crippen LogP contribution >= 0.6 is 0 Å². The van der Waals surface area contributed by atoms with Crippen molar-refractivity contribution in [2.45, 2.75) is 43.7 Å². The molecule has 6 atom stereocenters. The molecule has 0 aliphatic carbocycles. The van der Waals surface area contributed by atoms with Gasteiger partial charge in [-0.3, -0.25) is 0 Å². The molecule has 8 heteroatoms. The summed E-state index contributed by atoms with van der Waals surface area (Å²) in [6.45, 7) is 1.71. The molecule has 21 heavy (non-hydrogen) atoms. The van der Waals surface area contributed by atoms with Gasteiger partial charge < -0.3 is 33.5 Å². The summed E-state index contributed by atoms with van der Waals surface area (Å²) in [7, 11) is 5.65. The van der Waals surface area contributed by atoms with Gasteiger partial charge in [0.1, 0.15) is 24.4 Å². The minimum absolute atomic E-state index is 0.173. The van der Waals surface area contributed by atoms with Gasteiger partial charge in [0.15, 0.2) is 12.4 Å². The van der Waals surface area contributed by atoms with Crippen LogP contribution in [0.25, 0.3) is 0 Å². The Balaban J connectivity index is 2.86. The zero-order chi connectivity index (χ0) is 16.0. The zero-order valence-corrected chi connectivity index (χ0v) is 13.0. The van der Waals surface area contributed by atoms with Crippen molar-refractivity contribution >= 4 is 5.97 Å². The lowest BCUT2D eigenvalue weighted by Crippen LogP contribution is -2.61. The van der Waals surface area contributed by atoms with Crippen LogP contribution in [0.1, 0.15) is 6.92 Å². The number of aliphatic hydroxyl groups excluding tert-OH is 1. The van der Waals surface area contributed by atoms with Gasteiger partial charge in [-0.2, -0.15) is 0 Å². The molecule has 0 radical (unpaired) electrons. The predicted molar refractivity (Wildman–Crippen MR) is 70.7 cm³/mol. The largest absolute Gasteiger partial charge is 0.467 e. The zero-order valence-electron chi connectivity index (χ0n) is 13.0. The maximum absolute atomic E-state index is 11.5. The number of ether oxygens (including phenoxy) is 6. The first-order valence-corrected chi connectivity index (χ1v) is 6.61. The fraction of sp³-hybridized carbons (Fsp3) is 0.923. The molecule has 0 aromatic heterocycles. The molecular formula is C13H24O8. The lowest BCUT2D eigenvalue weighted by Gasteiger charge is -2.43. The molecule has 0 bridgehead atoms. The molecule has 0 aromatic carbocycles. The third kappa shape index (κ3) is 4.35. The SMILES string of the molecule is COCC1OC(OC)C(OC)C(O)C1OC(C)C(=O)OC. The quantitative estimate of drug-likeness (QED) is 0.619. The number of hydrogen-bond acceptors (Lipinski definition) is 8. The van der Waals surface area contributed by atoms with E-state index in [9.17, 15) is 9.90 Å². The van der Waals surface area contributed by atoms with E-state index < -0.39 is 42.8 Å². The molecule has 1 rings (SSSR count). The van der Waals surface area contributed by atoms with E-state index in [4.69, 9.17) is 23.7 Å². The monoisotopic (exact) mass is 308 g/mol. The van der Waals surface area contributed by atoms with Crippen molar-refractivity contribution in [1.29, 1.82) is 0 Å². The number of carbonyl (C=O) groups is 1. The summed E-state index contributed by atoms with van der Waals surface area (Å²) in [4.78, 5) is 11.5. The van der Waals surface area contributed by atoms with E-state index in [1.54, 1.807) is 0 Å². The van der Waals surface area contributed by atoms with Gasteiger partial charge in [0.25, 0.3) is 0 Å². The maximum atomic E-state index is 11.5. The van der Waals surface area contributed by atoms with Gasteiger partial charge in [-0.1, -0.05) is 0 Å². The summed E-state index contributed by atoms with van der Waals surface area (Å²) < 4.78 is 31.3. The van der Waals surface area contributed by atoms with Crippen LogP contribution < -0.4 is 0 Å². The molecule has 124 valence electrons. The minimum atomic E-state index is -1.04. The Morgan fingerprint density at radius 1 is 1.19 bits per heavy atom. The van der Waals surface area contributed by atoms with Crippen LogP contribution in [0.15, 0.2) is 0 Å². The Labute approximate surface area is 124 Å². The van der Waals surface area contributed by atoms with Crippen molar-refractivity contribution < 1.29 is 38.3 Å². The van der Waals surface area contributed by atoms with E-state index in [0.717, 1.165) is 0 Å². The van der Waals surface area contributed by atoms with Gasteiger partial charge in [-0.05, 0) is 6.92 Å². The van der Waals surface area contributed by atoms with E-state index in [2.05, 4.69) is 4.74 Å². The van der Waals surface area contributed by atoms with Gasteiger partial charge in [0.05, 0.1) is 13.7 Å². The number of methoxy groups -OCH3 is 4. The molecular weight excluding hydrogens is 284 g/mol. The fourth-order valence-electron chi connectivity index (χ4n) is 2.26. The van der Waals surface area contributed by atoms with Crippen LogP contribution in [0.2, 0.25) is 0 Å². The molecule has 1 aliphatic heterocycles. The van der Waals surface area contributed by atoms with Gasteiger partial charge in [0.2, 0.25) is 0 Å². The topological polar surface area (TPSA) is 92.7 Å². The van der Waals surface area contributed by atoms with Gasteiger partial charge in [0, 0.05) is 21.3 Å². The van der Waals surface area contributed by atoms with Crippen molar-refractivity contribution in [3.63, 3.8) is 0 Å². The molecule has 1 N–H and O–H groups in total.